The Hall–Kier alpha value is -2.80. The van der Waals surface area contributed by atoms with Crippen molar-refractivity contribution in [1.82, 2.24) is 4.90 Å². The zero-order valence-corrected chi connectivity index (χ0v) is 18.3. The molecule has 0 aliphatic carbocycles. The van der Waals surface area contributed by atoms with E-state index in [1.54, 1.807) is 18.9 Å². The van der Waals surface area contributed by atoms with Crippen LogP contribution >= 0.6 is 11.8 Å². The predicted octanol–water partition coefficient (Wildman–Crippen LogP) is 4.59. The number of para-hydroxylation sites is 2. The van der Waals surface area contributed by atoms with Gasteiger partial charge in [0, 0.05) is 31.5 Å². The maximum atomic E-state index is 12.8. The summed E-state index contributed by atoms with van der Waals surface area (Å²) >= 11 is 1.63. The highest BCUT2D eigenvalue weighted by Crippen LogP contribution is 2.35. The van der Waals surface area contributed by atoms with Crippen LogP contribution in [0.15, 0.2) is 58.5 Å². The number of likely N-dealkylation sites (tertiary alicyclic amines) is 1. The second-order valence-corrected chi connectivity index (χ2v) is 8.34. The van der Waals surface area contributed by atoms with E-state index in [0.717, 1.165) is 16.3 Å². The van der Waals surface area contributed by atoms with Gasteiger partial charge in [-0.05, 0) is 25.3 Å². The molecular weight excluding hydrogens is 396 g/mol. The molecule has 2 aromatic rings. The second kappa shape index (κ2) is 8.52. The lowest BCUT2D eigenvalue weighted by molar-refractivity contribution is 0.175. The van der Waals surface area contributed by atoms with Crippen LogP contribution in [0.3, 0.4) is 0 Å². The average Bonchev–Trinajstić information content (AvgIpc) is 3.13. The number of hydrogen-bond acceptors (Lipinski definition) is 5. The number of benzene rings is 2. The standard InChI is InChI=1S/C23H26N4O2S/c1-16-8-10-17(11-9-16)20-21(30-3)26-23(25-20)12-14-27(15-13-23)22(28)24-18-6-4-5-7-19(18)29-2/h4-11H,12-15H2,1-3H3,(H,24,28). The number of thioether (sulfide) groups is 1. The minimum absolute atomic E-state index is 0.121. The number of rotatable bonds is 3. The van der Waals surface area contributed by atoms with Crippen LogP contribution in [0, 0.1) is 6.92 Å². The summed E-state index contributed by atoms with van der Waals surface area (Å²) in [5.74, 6) is 0.650. The van der Waals surface area contributed by atoms with Gasteiger partial charge in [0.15, 0.2) is 5.66 Å². The van der Waals surface area contributed by atoms with E-state index in [-0.39, 0.29) is 6.03 Å². The molecule has 0 atom stereocenters. The van der Waals surface area contributed by atoms with Gasteiger partial charge in [0.25, 0.3) is 0 Å². The van der Waals surface area contributed by atoms with E-state index < -0.39 is 5.66 Å². The quantitative estimate of drug-likeness (QED) is 0.787. The smallest absolute Gasteiger partial charge is 0.321 e. The van der Waals surface area contributed by atoms with Gasteiger partial charge in [0.1, 0.15) is 10.8 Å². The highest BCUT2D eigenvalue weighted by atomic mass is 32.2. The second-order valence-electron chi connectivity index (χ2n) is 7.55. The summed E-state index contributed by atoms with van der Waals surface area (Å²) in [6.07, 6.45) is 3.47. The van der Waals surface area contributed by atoms with Crippen LogP contribution in [0.25, 0.3) is 0 Å². The number of piperidine rings is 1. The molecule has 1 spiro atoms. The summed E-state index contributed by atoms with van der Waals surface area (Å²) in [6, 6.07) is 15.7. The first kappa shape index (κ1) is 20.5. The average molecular weight is 423 g/mol. The topological polar surface area (TPSA) is 66.3 Å². The third-order valence-electron chi connectivity index (χ3n) is 5.55. The molecule has 2 heterocycles. The number of hydrogen-bond donors (Lipinski definition) is 1. The Morgan fingerprint density at radius 1 is 1.10 bits per heavy atom. The summed E-state index contributed by atoms with van der Waals surface area (Å²) in [4.78, 5) is 24.6. The van der Waals surface area contributed by atoms with Gasteiger partial charge in [-0.1, -0.05) is 42.0 Å². The molecule has 6 nitrogen and oxygen atoms in total. The van der Waals surface area contributed by atoms with E-state index in [4.69, 9.17) is 14.7 Å². The first-order chi connectivity index (χ1) is 14.5. The Labute approximate surface area is 181 Å². The number of anilines is 1. The Morgan fingerprint density at radius 3 is 2.47 bits per heavy atom. The largest absolute Gasteiger partial charge is 0.495 e. The van der Waals surface area contributed by atoms with Gasteiger partial charge >= 0.3 is 6.03 Å². The molecular formula is C23H26N4O2S. The van der Waals surface area contributed by atoms with Crippen LogP contribution in [0.1, 0.15) is 24.0 Å². The van der Waals surface area contributed by atoms with Crippen LogP contribution < -0.4 is 10.1 Å². The Morgan fingerprint density at radius 2 is 1.80 bits per heavy atom. The molecule has 4 rings (SSSR count). The molecule has 0 bridgehead atoms. The van der Waals surface area contributed by atoms with Crippen molar-refractivity contribution in [2.75, 3.05) is 31.8 Å². The number of carbonyl (C=O) groups excluding carboxylic acids is 1. The molecule has 2 aliphatic heterocycles. The summed E-state index contributed by atoms with van der Waals surface area (Å²) in [6.45, 7) is 3.30. The Kier molecular flexibility index (Phi) is 5.81. The number of aryl methyl sites for hydroxylation is 1. The van der Waals surface area contributed by atoms with Gasteiger partial charge < -0.3 is 15.0 Å². The number of nitrogens with zero attached hydrogens (tertiary/aromatic N) is 3. The van der Waals surface area contributed by atoms with Gasteiger partial charge in [0.2, 0.25) is 0 Å². The van der Waals surface area contributed by atoms with Gasteiger partial charge in [-0.3, -0.25) is 4.99 Å². The predicted molar refractivity (Wildman–Crippen MR) is 124 cm³/mol. The van der Waals surface area contributed by atoms with E-state index in [9.17, 15) is 4.79 Å². The first-order valence-electron chi connectivity index (χ1n) is 10.0. The molecule has 156 valence electrons. The van der Waals surface area contributed by atoms with E-state index >= 15 is 0 Å². The minimum Gasteiger partial charge on any atom is -0.495 e. The van der Waals surface area contributed by atoms with E-state index in [1.807, 2.05) is 35.4 Å². The third kappa shape index (κ3) is 4.07. The minimum atomic E-state index is -0.459. The van der Waals surface area contributed by atoms with Crippen LogP contribution in [-0.2, 0) is 0 Å². The lowest BCUT2D eigenvalue weighted by Crippen LogP contribution is -2.46. The molecule has 2 aliphatic rings. The Balaban J connectivity index is 1.46. The van der Waals surface area contributed by atoms with E-state index in [0.29, 0.717) is 37.4 Å². The number of amides is 2. The maximum Gasteiger partial charge on any atom is 0.321 e. The number of carbonyl (C=O) groups is 1. The molecule has 0 aromatic heterocycles. The lowest BCUT2D eigenvalue weighted by atomic mass is 9.98. The van der Waals surface area contributed by atoms with Crippen molar-refractivity contribution in [3.8, 4) is 5.75 Å². The molecule has 2 aromatic carbocycles. The molecule has 7 heteroatoms. The summed E-state index contributed by atoms with van der Waals surface area (Å²) in [5, 5.41) is 3.93. The normalized spacial score (nSPS) is 17.5. The van der Waals surface area contributed by atoms with Crippen molar-refractivity contribution >= 4 is 34.2 Å². The molecule has 0 unspecified atom stereocenters. The van der Waals surface area contributed by atoms with E-state index in [2.05, 4.69) is 36.5 Å². The van der Waals surface area contributed by atoms with Crippen molar-refractivity contribution in [1.29, 1.82) is 0 Å². The molecule has 30 heavy (non-hydrogen) atoms. The molecule has 0 saturated carbocycles. The fraction of sp³-hybridized carbons (Fsp3) is 0.348. The molecule has 2 amide bonds. The number of ether oxygens (including phenoxy) is 1. The number of nitrogens with one attached hydrogen (secondary N) is 1. The maximum absolute atomic E-state index is 12.8. The van der Waals surface area contributed by atoms with Crippen molar-refractivity contribution < 1.29 is 9.53 Å². The highest BCUT2D eigenvalue weighted by molar-refractivity contribution is 8.15. The van der Waals surface area contributed by atoms with Gasteiger partial charge in [0.05, 0.1) is 18.5 Å². The number of aliphatic imine (C=N–C) groups is 2. The first-order valence-corrected chi connectivity index (χ1v) is 11.3. The van der Waals surface area contributed by atoms with Crippen LogP contribution in [0.5, 0.6) is 5.75 Å². The van der Waals surface area contributed by atoms with E-state index in [1.165, 1.54) is 5.56 Å². The highest BCUT2D eigenvalue weighted by Gasteiger charge is 2.40. The Bertz CT molecular complexity index is 993. The van der Waals surface area contributed by atoms with Gasteiger partial charge in [-0.2, -0.15) is 0 Å². The molecule has 0 radical (unpaired) electrons. The molecule has 1 fully saturated rings. The fourth-order valence-electron chi connectivity index (χ4n) is 3.80. The fourth-order valence-corrected chi connectivity index (χ4v) is 4.42. The van der Waals surface area contributed by atoms with Crippen LogP contribution in [0.4, 0.5) is 10.5 Å². The van der Waals surface area contributed by atoms with Crippen LogP contribution in [0.2, 0.25) is 0 Å². The third-order valence-corrected chi connectivity index (χ3v) is 6.22. The zero-order chi connectivity index (χ0) is 21.1. The van der Waals surface area contributed by atoms with Crippen molar-refractivity contribution in [2.45, 2.75) is 25.4 Å². The van der Waals surface area contributed by atoms with Crippen molar-refractivity contribution in [2.24, 2.45) is 9.98 Å². The summed E-state index contributed by atoms with van der Waals surface area (Å²) in [7, 11) is 1.60. The van der Waals surface area contributed by atoms with Crippen molar-refractivity contribution in [3.63, 3.8) is 0 Å². The van der Waals surface area contributed by atoms with Gasteiger partial charge in [-0.15, -0.1) is 11.8 Å². The zero-order valence-electron chi connectivity index (χ0n) is 17.5. The summed E-state index contributed by atoms with van der Waals surface area (Å²) < 4.78 is 5.32. The SMILES string of the molecule is COc1ccccc1NC(=O)N1CCC2(CC1)N=C(SC)C(c1ccc(C)cc1)=N2. The van der Waals surface area contributed by atoms with Crippen molar-refractivity contribution in [3.05, 3.63) is 59.7 Å². The number of methoxy groups -OCH3 is 1. The monoisotopic (exact) mass is 422 g/mol. The van der Waals surface area contributed by atoms with Crippen LogP contribution in [-0.4, -0.2) is 53.8 Å². The number of urea groups is 1. The molecule has 1 N–H and O–H groups in total. The lowest BCUT2D eigenvalue weighted by Gasteiger charge is -2.35. The summed E-state index contributed by atoms with van der Waals surface area (Å²) in [5.41, 5.74) is 3.51. The molecule has 1 saturated heterocycles. The van der Waals surface area contributed by atoms with Gasteiger partial charge in [-0.25, -0.2) is 9.79 Å².